The van der Waals surface area contributed by atoms with E-state index in [1.807, 2.05) is 21.0 Å². The molecular formula is C11H23N3O3. The highest BCUT2D eigenvalue weighted by atomic mass is 16.5. The molecule has 1 atom stereocenters. The first-order valence-corrected chi connectivity index (χ1v) is 5.80. The van der Waals surface area contributed by atoms with Gasteiger partial charge in [0.25, 0.3) is 0 Å². The number of carbonyl (C=O) groups excluding carboxylic acids is 2. The first-order chi connectivity index (χ1) is 7.95. The maximum absolute atomic E-state index is 11.4. The minimum atomic E-state index is -0.427. The van der Waals surface area contributed by atoms with E-state index in [0.717, 1.165) is 13.0 Å². The first-order valence-electron chi connectivity index (χ1n) is 5.80. The van der Waals surface area contributed by atoms with E-state index < -0.39 is 5.97 Å². The van der Waals surface area contributed by atoms with Crippen molar-refractivity contribution in [1.82, 2.24) is 15.5 Å². The predicted molar refractivity (Wildman–Crippen MR) is 65.8 cm³/mol. The Bertz CT molecular complexity index is 244. The summed E-state index contributed by atoms with van der Waals surface area (Å²) in [6, 6.07) is -0.274. The molecule has 0 fully saturated rings. The minimum absolute atomic E-state index is 0.0691. The second kappa shape index (κ2) is 8.81. The van der Waals surface area contributed by atoms with Gasteiger partial charge in [-0.2, -0.15) is 0 Å². The van der Waals surface area contributed by atoms with Crippen LogP contribution in [0.3, 0.4) is 0 Å². The predicted octanol–water partition coefficient (Wildman–Crippen LogP) is 0.189. The highest BCUT2D eigenvalue weighted by Crippen LogP contribution is 1.91. The van der Waals surface area contributed by atoms with Crippen LogP contribution in [-0.2, 0) is 9.53 Å². The molecule has 2 amide bonds. The molecule has 0 saturated heterocycles. The van der Waals surface area contributed by atoms with Crippen LogP contribution in [0.2, 0.25) is 0 Å². The molecule has 0 aromatic carbocycles. The molecule has 0 radical (unpaired) electrons. The second-order valence-corrected chi connectivity index (χ2v) is 4.13. The van der Waals surface area contributed by atoms with Gasteiger partial charge in [-0.3, -0.25) is 4.79 Å². The summed E-state index contributed by atoms with van der Waals surface area (Å²) in [6.45, 7) is 4.77. The quantitative estimate of drug-likeness (QED) is 0.628. The Morgan fingerprint density at radius 2 is 2.00 bits per heavy atom. The Morgan fingerprint density at radius 3 is 2.53 bits per heavy atom. The molecule has 100 valence electrons. The van der Waals surface area contributed by atoms with Gasteiger partial charge in [-0.15, -0.1) is 0 Å². The monoisotopic (exact) mass is 245 g/mol. The van der Waals surface area contributed by atoms with Crippen molar-refractivity contribution in [1.29, 1.82) is 0 Å². The molecule has 0 aliphatic heterocycles. The molecule has 0 saturated carbocycles. The summed E-state index contributed by atoms with van der Waals surface area (Å²) < 4.78 is 4.69. The van der Waals surface area contributed by atoms with Crippen molar-refractivity contribution < 1.29 is 14.3 Å². The summed E-state index contributed by atoms with van der Waals surface area (Å²) >= 11 is 0. The number of rotatable bonds is 7. The molecule has 0 bridgehead atoms. The fourth-order valence-corrected chi connectivity index (χ4v) is 1.16. The molecule has 0 aliphatic carbocycles. The van der Waals surface area contributed by atoms with Gasteiger partial charge < -0.3 is 20.3 Å². The first kappa shape index (κ1) is 15.7. The van der Waals surface area contributed by atoms with Crippen LogP contribution in [-0.4, -0.2) is 56.7 Å². The van der Waals surface area contributed by atoms with Gasteiger partial charge in [0.2, 0.25) is 0 Å². The molecular weight excluding hydrogens is 222 g/mol. The SMILES string of the molecule is CCOC(=O)CNC(=O)NC(C)CCN(C)C. The summed E-state index contributed by atoms with van der Waals surface area (Å²) in [5.74, 6) is -0.427. The third kappa shape index (κ3) is 9.62. The van der Waals surface area contributed by atoms with Crippen LogP contribution in [0.25, 0.3) is 0 Å². The van der Waals surface area contributed by atoms with Gasteiger partial charge in [0, 0.05) is 6.04 Å². The normalized spacial score (nSPS) is 12.1. The topological polar surface area (TPSA) is 70.7 Å². The van der Waals surface area contributed by atoms with Gasteiger partial charge >= 0.3 is 12.0 Å². The van der Waals surface area contributed by atoms with Crippen molar-refractivity contribution in [2.45, 2.75) is 26.3 Å². The largest absolute Gasteiger partial charge is 0.465 e. The van der Waals surface area contributed by atoms with Gasteiger partial charge in [-0.05, 0) is 40.9 Å². The zero-order valence-electron chi connectivity index (χ0n) is 11.1. The van der Waals surface area contributed by atoms with Crippen molar-refractivity contribution in [2.24, 2.45) is 0 Å². The number of hydrogen-bond donors (Lipinski definition) is 2. The fourth-order valence-electron chi connectivity index (χ4n) is 1.16. The molecule has 0 aromatic rings. The zero-order valence-corrected chi connectivity index (χ0v) is 11.1. The molecule has 6 heteroatoms. The zero-order chi connectivity index (χ0) is 13.3. The van der Waals surface area contributed by atoms with Crippen LogP contribution in [0, 0.1) is 0 Å². The number of esters is 1. The Balaban J connectivity index is 3.67. The van der Waals surface area contributed by atoms with E-state index >= 15 is 0 Å². The number of amides is 2. The van der Waals surface area contributed by atoms with E-state index in [9.17, 15) is 9.59 Å². The highest BCUT2D eigenvalue weighted by molar-refractivity contribution is 5.80. The van der Waals surface area contributed by atoms with Crippen molar-refractivity contribution in [3.63, 3.8) is 0 Å². The number of ether oxygens (including phenoxy) is 1. The summed E-state index contributed by atoms with van der Waals surface area (Å²) in [5.41, 5.74) is 0. The Morgan fingerprint density at radius 1 is 1.35 bits per heavy atom. The van der Waals surface area contributed by atoms with Crippen molar-refractivity contribution >= 4 is 12.0 Å². The van der Waals surface area contributed by atoms with Crippen LogP contribution in [0.1, 0.15) is 20.3 Å². The van der Waals surface area contributed by atoms with Gasteiger partial charge in [-0.1, -0.05) is 0 Å². The second-order valence-electron chi connectivity index (χ2n) is 4.13. The molecule has 1 unspecified atom stereocenters. The third-order valence-electron chi connectivity index (χ3n) is 2.09. The summed E-state index contributed by atoms with van der Waals surface area (Å²) in [5, 5.41) is 5.20. The Hall–Kier alpha value is -1.30. The molecule has 0 aromatic heterocycles. The number of nitrogens with zero attached hydrogens (tertiary/aromatic N) is 1. The number of urea groups is 1. The van der Waals surface area contributed by atoms with Gasteiger partial charge in [0.15, 0.2) is 0 Å². The van der Waals surface area contributed by atoms with Crippen LogP contribution >= 0.6 is 0 Å². The van der Waals surface area contributed by atoms with Crippen molar-refractivity contribution in [3.05, 3.63) is 0 Å². The van der Waals surface area contributed by atoms with E-state index in [1.165, 1.54) is 0 Å². The molecule has 0 heterocycles. The fraction of sp³-hybridized carbons (Fsp3) is 0.818. The lowest BCUT2D eigenvalue weighted by molar-refractivity contribution is -0.141. The van der Waals surface area contributed by atoms with Crippen LogP contribution < -0.4 is 10.6 Å². The Kier molecular flexibility index (Phi) is 8.13. The molecule has 17 heavy (non-hydrogen) atoms. The standard InChI is InChI=1S/C11H23N3O3/c1-5-17-10(15)8-12-11(16)13-9(2)6-7-14(3)4/h9H,5-8H2,1-4H3,(H2,12,13,16). The molecule has 0 rings (SSSR count). The average Bonchev–Trinajstić information content (AvgIpc) is 2.24. The maximum Gasteiger partial charge on any atom is 0.325 e. The van der Waals surface area contributed by atoms with Crippen LogP contribution in [0.15, 0.2) is 0 Å². The van der Waals surface area contributed by atoms with Gasteiger partial charge in [0.1, 0.15) is 6.54 Å². The number of hydrogen-bond acceptors (Lipinski definition) is 4. The van der Waals surface area contributed by atoms with Gasteiger partial charge in [-0.25, -0.2) is 4.79 Å². The summed E-state index contributed by atoms with van der Waals surface area (Å²) in [6.07, 6.45) is 0.861. The van der Waals surface area contributed by atoms with E-state index in [2.05, 4.69) is 20.3 Å². The van der Waals surface area contributed by atoms with E-state index in [1.54, 1.807) is 6.92 Å². The van der Waals surface area contributed by atoms with Crippen LogP contribution in [0.5, 0.6) is 0 Å². The van der Waals surface area contributed by atoms with E-state index in [-0.39, 0.29) is 18.6 Å². The molecule has 6 nitrogen and oxygen atoms in total. The van der Waals surface area contributed by atoms with Gasteiger partial charge in [0.05, 0.1) is 6.61 Å². The summed E-state index contributed by atoms with van der Waals surface area (Å²) in [4.78, 5) is 24.4. The molecule has 2 N–H and O–H groups in total. The third-order valence-corrected chi connectivity index (χ3v) is 2.09. The molecule has 0 spiro atoms. The van der Waals surface area contributed by atoms with E-state index in [4.69, 9.17) is 0 Å². The maximum atomic E-state index is 11.4. The lowest BCUT2D eigenvalue weighted by Gasteiger charge is -2.16. The van der Waals surface area contributed by atoms with Crippen molar-refractivity contribution in [3.8, 4) is 0 Å². The van der Waals surface area contributed by atoms with Crippen molar-refractivity contribution in [2.75, 3.05) is 33.8 Å². The Labute approximate surface area is 103 Å². The number of nitrogens with one attached hydrogen (secondary N) is 2. The average molecular weight is 245 g/mol. The lowest BCUT2D eigenvalue weighted by atomic mass is 10.2. The number of carbonyl (C=O) groups is 2. The smallest absolute Gasteiger partial charge is 0.325 e. The summed E-state index contributed by atoms with van der Waals surface area (Å²) in [7, 11) is 3.96. The highest BCUT2D eigenvalue weighted by Gasteiger charge is 2.09. The van der Waals surface area contributed by atoms with Crippen LogP contribution in [0.4, 0.5) is 4.79 Å². The van der Waals surface area contributed by atoms with E-state index in [0.29, 0.717) is 6.61 Å². The minimum Gasteiger partial charge on any atom is -0.465 e. The lowest BCUT2D eigenvalue weighted by Crippen LogP contribution is -2.43. The molecule has 0 aliphatic rings.